The third-order valence-corrected chi connectivity index (χ3v) is 3.89. The maximum absolute atomic E-state index is 6.31. The number of nitrogens with one attached hydrogen (secondary N) is 1. The monoisotopic (exact) mass is 256 g/mol. The van der Waals surface area contributed by atoms with E-state index in [1.807, 2.05) is 6.07 Å². The van der Waals surface area contributed by atoms with Crippen LogP contribution in [0.5, 0.6) is 0 Å². The Bertz CT molecular complexity index is 370. The summed E-state index contributed by atoms with van der Waals surface area (Å²) < 4.78 is 0. The van der Waals surface area contributed by atoms with Gasteiger partial charge in [-0.3, -0.25) is 0 Å². The molecule has 1 fully saturated rings. The normalized spacial score (nSPS) is 21.2. The fourth-order valence-electron chi connectivity index (χ4n) is 2.02. The van der Waals surface area contributed by atoms with Gasteiger partial charge in [0.1, 0.15) is 0 Å². The first-order valence-electron chi connectivity index (χ1n) is 5.52. The van der Waals surface area contributed by atoms with E-state index >= 15 is 0 Å². The number of hydrogen-bond acceptors (Lipinski definition) is 3. The van der Waals surface area contributed by atoms with Gasteiger partial charge < -0.3 is 10.2 Å². The van der Waals surface area contributed by atoms with Crippen LogP contribution in [0.25, 0.3) is 0 Å². The van der Waals surface area contributed by atoms with E-state index in [1.54, 1.807) is 11.8 Å². The summed E-state index contributed by atoms with van der Waals surface area (Å²) in [6.45, 7) is 5.29. The predicted octanol–water partition coefficient (Wildman–Crippen LogP) is 2.86. The van der Waals surface area contributed by atoms with Crippen molar-refractivity contribution in [1.29, 1.82) is 0 Å². The fourth-order valence-corrected chi connectivity index (χ4v) is 2.83. The SMILES string of the molecule is CSc1ccc(N2CCNC(C)C2)c(Cl)c1. The smallest absolute Gasteiger partial charge is 0.0650 e. The van der Waals surface area contributed by atoms with Crippen molar-refractivity contribution in [2.75, 3.05) is 30.8 Å². The fraction of sp³-hybridized carbons (Fsp3) is 0.500. The van der Waals surface area contributed by atoms with Gasteiger partial charge in [-0.25, -0.2) is 0 Å². The van der Waals surface area contributed by atoms with Crippen molar-refractivity contribution in [3.8, 4) is 0 Å². The molecule has 0 bridgehead atoms. The maximum Gasteiger partial charge on any atom is 0.0650 e. The number of benzene rings is 1. The molecular formula is C12H17ClN2S. The van der Waals surface area contributed by atoms with E-state index in [-0.39, 0.29) is 0 Å². The van der Waals surface area contributed by atoms with Crippen molar-refractivity contribution in [2.45, 2.75) is 17.9 Å². The molecule has 1 aliphatic rings. The van der Waals surface area contributed by atoms with E-state index in [9.17, 15) is 0 Å². The maximum atomic E-state index is 6.31. The van der Waals surface area contributed by atoms with Gasteiger partial charge in [-0.15, -0.1) is 11.8 Å². The number of hydrogen-bond donors (Lipinski definition) is 1. The van der Waals surface area contributed by atoms with Gasteiger partial charge in [-0.05, 0) is 31.4 Å². The van der Waals surface area contributed by atoms with Crippen LogP contribution in [0.3, 0.4) is 0 Å². The second-order valence-electron chi connectivity index (χ2n) is 4.12. The Morgan fingerprint density at radius 1 is 1.50 bits per heavy atom. The third kappa shape index (κ3) is 2.65. The molecule has 2 rings (SSSR count). The molecule has 1 unspecified atom stereocenters. The first-order chi connectivity index (χ1) is 7.70. The van der Waals surface area contributed by atoms with E-state index in [0.29, 0.717) is 6.04 Å². The standard InChI is InChI=1S/C12H17ClN2S/c1-9-8-15(6-5-14-9)12-4-3-10(16-2)7-11(12)13/h3-4,7,9,14H,5-6,8H2,1-2H3. The van der Waals surface area contributed by atoms with Crippen LogP contribution in [0.2, 0.25) is 5.02 Å². The molecule has 1 aromatic carbocycles. The lowest BCUT2D eigenvalue weighted by Crippen LogP contribution is -2.49. The van der Waals surface area contributed by atoms with Crippen LogP contribution < -0.4 is 10.2 Å². The van der Waals surface area contributed by atoms with Crippen LogP contribution in [-0.4, -0.2) is 31.9 Å². The van der Waals surface area contributed by atoms with Crippen LogP contribution in [0.1, 0.15) is 6.92 Å². The molecule has 0 spiro atoms. The van der Waals surface area contributed by atoms with Crippen molar-refractivity contribution in [2.24, 2.45) is 0 Å². The minimum atomic E-state index is 0.532. The van der Waals surface area contributed by atoms with Gasteiger partial charge in [0, 0.05) is 30.6 Å². The number of thioether (sulfide) groups is 1. The molecular weight excluding hydrogens is 240 g/mol. The Hall–Kier alpha value is -0.380. The molecule has 1 atom stereocenters. The van der Waals surface area contributed by atoms with E-state index < -0.39 is 0 Å². The number of piperazine rings is 1. The van der Waals surface area contributed by atoms with Crippen molar-refractivity contribution < 1.29 is 0 Å². The van der Waals surface area contributed by atoms with Crippen LogP contribution >= 0.6 is 23.4 Å². The van der Waals surface area contributed by atoms with E-state index in [0.717, 1.165) is 30.3 Å². The molecule has 0 aromatic heterocycles. The highest BCUT2D eigenvalue weighted by atomic mass is 35.5. The largest absolute Gasteiger partial charge is 0.368 e. The molecule has 1 saturated heterocycles. The molecule has 1 aromatic rings. The highest BCUT2D eigenvalue weighted by Gasteiger charge is 2.17. The Morgan fingerprint density at radius 3 is 2.94 bits per heavy atom. The summed E-state index contributed by atoms with van der Waals surface area (Å²) in [6, 6.07) is 6.85. The summed E-state index contributed by atoms with van der Waals surface area (Å²) >= 11 is 8.04. The topological polar surface area (TPSA) is 15.3 Å². The lowest BCUT2D eigenvalue weighted by atomic mass is 10.2. The summed E-state index contributed by atoms with van der Waals surface area (Å²) in [4.78, 5) is 3.57. The van der Waals surface area contributed by atoms with Crippen molar-refractivity contribution >= 4 is 29.1 Å². The average molecular weight is 257 g/mol. The quantitative estimate of drug-likeness (QED) is 0.820. The molecule has 4 heteroatoms. The highest BCUT2D eigenvalue weighted by molar-refractivity contribution is 7.98. The summed E-state index contributed by atoms with van der Waals surface area (Å²) in [7, 11) is 0. The van der Waals surface area contributed by atoms with Gasteiger partial charge >= 0.3 is 0 Å². The molecule has 0 amide bonds. The van der Waals surface area contributed by atoms with Gasteiger partial charge in [0.25, 0.3) is 0 Å². The van der Waals surface area contributed by atoms with Crippen LogP contribution in [-0.2, 0) is 0 Å². The lowest BCUT2D eigenvalue weighted by Gasteiger charge is -2.34. The third-order valence-electron chi connectivity index (χ3n) is 2.86. The van der Waals surface area contributed by atoms with E-state index in [4.69, 9.17) is 11.6 Å². The average Bonchev–Trinajstić information content (AvgIpc) is 2.28. The Kier molecular flexibility index (Phi) is 4.00. The Labute approximate surface area is 106 Å². The number of rotatable bonds is 2. The summed E-state index contributed by atoms with van der Waals surface area (Å²) in [5.74, 6) is 0. The van der Waals surface area contributed by atoms with E-state index in [1.165, 1.54) is 4.90 Å². The predicted molar refractivity (Wildman–Crippen MR) is 72.9 cm³/mol. The number of anilines is 1. The highest BCUT2D eigenvalue weighted by Crippen LogP contribution is 2.30. The van der Waals surface area contributed by atoms with E-state index in [2.05, 4.69) is 35.5 Å². The molecule has 16 heavy (non-hydrogen) atoms. The van der Waals surface area contributed by atoms with Gasteiger partial charge in [-0.2, -0.15) is 0 Å². The number of nitrogens with zero attached hydrogens (tertiary/aromatic N) is 1. The van der Waals surface area contributed by atoms with Crippen LogP contribution in [0.4, 0.5) is 5.69 Å². The molecule has 0 aliphatic carbocycles. The summed E-state index contributed by atoms with van der Waals surface area (Å²) in [5.41, 5.74) is 1.16. The summed E-state index contributed by atoms with van der Waals surface area (Å²) in [6.07, 6.45) is 2.07. The Morgan fingerprint density at radius 2 is 2.31 bits per heavy atom. The number of halogens is 1. The zero-order valence-corrected chi connectivity index (χ0v) is 11.2. The van der Waals surface area contributed by atoms with Crippen molar-refractivity contribution in [1.82, 2.24) is 5.32 Å². The molecule has 88 valence electrons. The minimum Gasteiger partial charge on any atom is -0.368 e. The second kappa shape index (κ2) is 5.30. The molecule has 1 N–H and O–H groups in total. The van der Waals surface area contributed by atoms with Crippen LogP contribution in [0, 0.1) is 0 Å². The van der Waals surface area contributed by atoms with Gasteiger partial charge in [0.05, 0.1) is 10.7 Å². The van der Waals surface area contributed by atoms with Crippen LogP contribution in [0.15, 0.2) is 23.1 Å². The first-order valence-corrected chi connectivity index (χ1v) is 7.13. The zero-order valence-electron chi connectivity index (χ0n) is 9.66. The zero-order chi connectivity index (χ0) is 11.5. The molecule has 1 heterocycles. The Balaban J connectivity index is 2.19. The van der Waals surface area contributed by atoms with Gasteiger partial charge in [0.15, 0.2) is 0 Å². The molecule has 1 aliphatic heterocycles. The first kappa shape index (κ1) is 12.1. The summed E-state index contributed by atoms with van der Waals surface area (Å²) in [5, 5.41) is 4.30. The van der Waals surface area contributed by atoms with Crippen molar-refractivity contribution in [3.63, 3.8) is 0 Å². The second-order valence-corrected chi connectivity index (χ2v) is 5.41. The van der Waals surface area contributed by atoms with Crippen molar-refractivity contribution in [3.05, 3.63) is 23.2 Å². The molecule has 0 radical (unpaired) electrons. The molecule has 0 saturated carbocycles. The van der Waals surface area contributed by atoms with Gasteiger partial charge in [0.2, 0.25) is 0 Å². The molecule has 2 nitrogen and oxygen atoms in total. The lowest BCUT2D eigenvalue weighted by molar-refractivity contribution is 0.485. The minimum absolute atomic E-state index is 0.532. The van der Waals surface area contributed by atoms with Gasteiger partial charge in [-0.1, -0.05) is 11.6 Å².